The SMILES string of the molecule is CCN(CC1(CN)CCCC(C)C1)C1CCCCC1. The molecule has 0 aliphatic heterocycles. The minimum Gasteiger partial charge on any atom is -0.330 e. The van der Waals surface area contributed by atoms with Gasteiger partial charge in [0.25, 0.3) is 0 Å². The number of nitrogens with zero attached hydrogens (tertiary/aromatic N) is 1. The molecule has 2 fully saturated rings. The Morgan fingerprint density at radius 2 is 1.84 bits per heavy atom. The highest BCUT2D eigenvalue weighted by molar-refractivity contribution is 4.90. The number of nitrogens with two attached hydrogens (primary N) is 1. The third kappa shape index (κ3) is 3.95. The van der Waals surface area contributed by atoms with Gasteiger partial charge in [0.05, 0.1) is 0 Å². The van der Waals surface area contributed by atoms with Gasteiger partial charge in [0.1, 0.15) is 0 Å². The van der Waals surface area contributed by atoms with E-state index < -0.39 is 0 Å². The maximum absolute atomic E-state index is 6.21. The molecule has 0 saturated heterocycles. The van der Waals surface area contributed by atoms with E-state index in [0.29, 0.717) is 5.41 Å². The molecule has 0 amide bonds. The zero-order valence-electron chi connectivity index (χ0n) is 13.2. The van der Waals surface area contributed by atoms with Crippen LogP contribution in [0.15, 0.2) is 0 Å². The van der Waals surface area contributed by atoms with Crippen LogP contribution in [-0.4, -0.2) is 30.6 Å². The van der Waals surface area contributed by atoms with Crippen molar-refractivity contribution >= 4 is 0 Å². The van der Waals surface area contributed by atoms with Gasteiger partial charge in [-0.1, -0.05) is 46.0 Å². The van der Waals surface area contributed by atoms with Crippen LogP contribution in [0.2, 0.25) is 0 Å². The van der Waals surface area contributed by atoms with E-state index in [2.05, 4.69) is 18.7 Å². The summed E-state index contributed by atoms with van der Waals surface area (Å²) in [5, 5.41) is 0. The van der Waals surface area contributed by atoms with Crippen LogP contribution in [-0.2, 0) is 0 Å². The average molecular weight is 266 g/mol. The molecule has 0 aromatic carbocycles. The smallest absolute Gasteiger partial charge is 0.00953 e. The molecule has 0 aromatic rings. The zero-order chi connectivity index (χ0) is 13.7. The van der Waals surface area contributed by atoms with Gasteiger partial charge < -0.3 is 10.6 Å². The van der Waals surface area contributed by atoms with E-state index in [1.165, 1.54) is 70.9 Å². The van der Waals surface area contributed by atoms with Crippen LogP contribution in [0.3, 0.4) is 0 Å². The van der Waals surface area contributed by atoms with Gasteiger partial charge in [-0.05, 0) is 50.1 Å². The summed E-state index contributed by atoms with van der Waals surface area (Å²) in [4.78, 5) is 2.77. The second kappa shape index (κ2) is 7.08. The zero-order valence-corrected chi connectivity index (χ0v) is 13.2. The van der Waals surface area contributed by atoms with Crippen molar-refractivity contribution in [3.63, 3.8) is 0 Å². The predicted molar refractivity (Wildman–Crippen MR) is 83.2 cm³/mol. The first-order chi connectivity index (χ1) is 9.19. The summed E-state index contributed by atoms with van der Waals surface area (Å²) in [6, 6.07) is 0.847. The first-order valence-corrected chi connectivity index (χ1v) is 8.63. The van der Waals surface area contributed by atoms with Crippen LogP contribution in [0.4, 0.5) is 0 Å². The molecule has 2 heteroatoms. The van der Waals surface area contributed by atoms with E-state index in [-0.39, 0.29) is 0 Å². The monoisotopic (exact) mass is 266 g/mol. The Balaban J connectivity index is 1.97. The molecular formula is C17H34N2. The van der Waals surface area contributed by atoms with Gasteiger partial charge in [-0.3, -0.25) is 0 Å². The summed E-state index contributed by atoms with van der Waals surface area (Å²) < 4.78 is 0. The lowest BCUT2D eigenvalue weighted by Gasteiger charge is -2.45. The molecule has 0 spiro atoms. The highest BCUT2D eigenvalue weighted by Crippen LogP contribution is 2.40. The molecule has 2 rings (SSSR count). The van der Waals surface area contributed by atoms with E-state index in [1.54, 1.807) is 0 Å². The highest BCUT2D eigenvalue weighted by atomic mass is 15.2. The second-order valence-corrected chi connectivity index (χ2v) is 7.26. The van der Waals surface area contributed by atoms with Crippen molar-refractivity contribution in [2.24, 2.45) is 17.1 Å². The Hall–Kier alpha value is -0.0800. The maximum Gasteiger partial charge on any atom is 0.00953 e. The largest absolute Gasteiger partial charge is 0.330 e. The van der Waals surface area contributed by atoms with Gasteiger partial charge in [-0.25, -0.2) is 0 Å². The minimum atomic E-state index is 0.422. The van der Waals surface area contributed by atoms with E-state index in [9.17, 15) is 0 Å². The van der Waals surface area contributed by atoms with Crippen molar-refractivity contribution in [1.29, 1.82) is 0 Å². The number of hydrogen-bond donors (Lipinski definition) is 1. The first-order valence-electron chi connectivity index (χ1n) is 8.63. The topological polar surface area (TPSA) is 29.3 Å². The lowest BCUT2D eigenvalue weighted by atomic mass is 9.69. The van der Waals surface area contributed by atoms with E-state index in [4.69, 9.17) is 5.73 Å². The quantitative estimate of drug-likeness (QED) is 0.820. The molecule has 2 aliphatic carbocycles. The van der Waals surface area contributed by atoms with Crippen molar-refractivity contribution < 1.29 is 0 Å². The average Bonchev–Trinajstić information content (AvgIpc) is 2.46. The lowest BCUT2D eigenvalue weighted by Crippen LogP contribution is -2.49. The summed E-state index contributed by atoms with van der Waals surface area (Å²) in [6.45, 7) is 8.11. The Kier molecular flexibility index (Phi) is 5.70. The molecule has 2 aliphatic rings. The van der Waals surface area contributed by atoms with Crippen LogP contribution >= 0.6 is 0 Å². The first kappa shape index (κ1) is 15.3. The summed E-state index contributed by atoms with van der Waals surface area (Å²) >= 11 is 0. The maximum atomic E-state index is 6.21. The molecule has 2 N–H and O–H groups in total. The molecule has 0 heterocycles. The number of rotatable bonds is 5. The van der Waals surface area contributed by atoms with Crippen LogP contribution in [0.25, 0.3) is 0 Å². The summed E-state index contributed by atoms with van der Waals surface area (Å²) in [7, 11) is 0. The molecule has 19 heavy (non-hydrogen) atoms. The van der Waals surface area contributed by atoms with Crippen LogP contribution in [0.5, 0.6) is 0 Å². The fourth-order valence-corrected chi connectivity index (χ4v) is 4.54. The molecule has 0 aromatic heterocycles. The third-order valence-electron chi connectivity index (χ3n) is 5.65. The predicted octanol–water partition coefficient (Wildman–Crippen LogP) is 3.80. The summed E-state index contributed by atoms with van der Waals surface area (Å²) in [5.74, 6) is 0.877. The summed E-state index contributed by atoms with van der Waals surface area (Å²) in [5.41, 5.74) is 6.63. The van der Waals surface area contributed by atoms with Gasteiger partial charge in [0, 0.05) is 12.6 Å². The van der Waals surface area contributed by atoms with Crippen molar-refractivity contribution in [3.05, 3.63) is 0 Å². The van der Waals surface area contributed by atoms with Gasteiger partial charge in [-0.15, -0.1) is 0 Å². The van der Waals surface area contributed by atoms with Crippen molar-refractivity contribution in [2.75, 3.05) is 19.6 Å². The minimum absolute atomic E-state index is 0.422. The molecule has 112 valence electrons. The Morgan fingerprint density at radius 3 is 2.42 bits per heavy atom. The Morgan fingerprint density at radius 1 is 1.11 bits per heavy atom. The Bertz CT molecular complexity index is 260. The van der Waals surface area contributed by atoms with Crippen LogP contribution in [0, 0.1) is 11.3 Å². The van der Waals surface area contributed by atoms with E-state index >= 15 is 0 Å². The number of hydrogen-bond acceptors (Lipinski definition) is 2. The third-order valence-corrected chi connectivity index (χ3v) is 5.65. The van der Waals surface area contributed by atoms with Gasteiger partial charge in [-0.2, -0.15) is 0 Å². The fraction of sp³-hybridized carbons (Fsp3) is 1.00. The molecular weight excluding hydrogens is 232 g/mol. The standard InChI is InChI=1S/C17H34N2/c1-3-19(16-9-5-4-6-10-16)14-17(13-18)11-7-8-15(2)12-17/h15-16H,3-14,18H2,1-2H3. The van der Waals surface area contributed by atoms with Gasteiger partial charge in [0.15, 0.2) is 0 Å². The second-order valence-electron chi connectivity index (χ2n) is 7.26. The molecule has 2 unspecified atom stereocenters. The highest BCUT2D eigenvalue weighted by Gasteiger charge is 2.36. The molecule has 2 atom stereocenters. The van der Waals surface area contributed by atoms with Crippen molar-refractivity contribution in [1.82, 2.24) is 4.90 Å². The lowest BCUT2D eigenvalue weighted by molar-refractivity contribution is 0.0558. The molecule has 0 bridgehead atoms. The summed E-state index contributed by atoms with van der Waals surface area (Å²) in [6.07, 6.45) is 12.7. The van der Waals surface area contributed by atoms with Crippen LogP contribution in [0.1, 0.15) is 71.6 Å². The fourth-order valence-electron chi connectivity index (χ4n) is 4.54. The van der Waals surface area contributed by atoms with Crippen molar-refractivity contribution in [3.8, 4) is 0 Å². The van der Waals surface area contributed by atoms with Gasteiger partial charge >= 0.3 is 0 Å². The van der Waals surface area contributed by atoms with E-state index in [1.807, 2.05) is 0 Å². The van der Waals surface area contributed by atoms with Gasteiger partial charge in [0.2, 0.25) is 0 Å². The van der Waals surface area contributed by atoms with E-state index in [0.717, 1.165) is 18.5 Å². The molecule has 2 saturated carbocycles. The molecule has 0 radical (unpaired) electrons. The van der Waals surface area contributed by atoms with Crippen molar-refractivity contribution in [2.45, 2.75) is 77.7 Å². The van der Waals surface area contributed by atoms with Crippen LogP contribution < -0.4 is 5.73 Å². The Labute approximate surface area is 120 Å². The normalized spacial score (nSPS) is 33.8. The molecule has 2 nitrogen and oxygen atoms in total.